The van der Waals surface area contributed by atoms with Gasteiger partial charge in [0.25, 0.3) is 0 Å². The molecule has 1 aliphatic heterocycles. The lowest BCUT2D eigenvalue weighted by Crippen LogP contribution is -2.15. The van der Waals surface area contributed by atoms with Crippen molar-refractivity contribution >= 4 is 5.65 Å². The number of nitrogens with zero attached hydrogens (tertiary/aromatic N) is 3. The summed E-state index contributed by atoms with van der Waals surface area (Å²) < 4.78 is 6.94. The van der Waals surface area contributed by atoms with Crippen molar-refractivity contribution in [3.05, 3.63) is 24.2 Å². The maximum absolute atomic E-state index is 9.34. The van der Waals surface area contributed by atoms with Gasteiger partial charge in [-0.05, 0) is 25.0 Å². The molecule has 16 heavy (non-hydrogen) atoms. The van der Waals surface area contributed by atoms with Crippen LogP contribution in [0.25, 0.3) is 5.65 Å². The molecular formula is C11H13N3O2. The molecule has 3 heterocycles. The van der Waals surface area contributed by atoms with Crippen molar-refractivity contribution < 1.29 is 9.84 Å². The van der Waals surface area contributed by atoms with E-state index in [1.807, 2.05) is 0 Å². The predicted octanol–water partition coefficient (Wildman–Crippen LogP) is 1.33. The second-order valence-electron chi connectivity index (χ2n) is 4.05. The lowest BCUT2D eigenvalue weighted by atomic mass is 10.00. The Morgan fingerprint density at radius 1 is 1.31 bits per heavy atom. The zero-order valence-corrected chi connectivity index (χ0v) is 8.83. The summed E-state index contributed by atoms with van der Waals surface area (Å²) in [5, 5.41) is 13.7. The Bertz CT molecular complexity index is 503. The van der Waals surface area contributed by atoms with Crippen LogP contribution >= 0.6 is 0 Å². The number of rotatable bonds is 1. The SMILES string of the molecule is Oc1ccc2nc(C3CCOCC3)nn2c1. The molecule has 1 saturated heterocycles. The standard InChI is InChI=1S/C11H13N3O2/c15-9-1-2-10-12-11(13-14(10)7-9)8-3-5-16-6-4-8/h1-2,7-8,15H,3-6H2. The molecule has 0 aliphatic carbocycles. The molecule has 1 aliphatic rings. The molecule has 2 aromatic rings. The lowest BCUT2D eigenvalue weighted by Gasteiger charge is -2.18. The Morgan fingerprint density at radius 3 is 2.94 bits per heavy atom. The van der Waals surface area contributed by atoms with Crippen molar-refractivity contribution in [3.8, 4) is 5.75 Å². The lowest BCUT2D eigenvalue weighted by molar-refractivity contribution is 0.0836. The molecule has 84 valence electrons. The first kappa shape index (κ1) is 9.59. The van der Waals surface area contributed by atoms with Gasteiger partial charge in [0.05, 0.1) is 6.20 Å². The highest BCUT2D eigenvalue weighted by molar-refractivity contribution is 5.40. The number of ether oxygens (including phenoxy) is 1. The molecule has 5 heteroatoms. The topological polar surface area (TPSA) is 59.7 Å². The van der Waals surface area contributed by atoms with Crippen LogP contribution in [0.4, 0.5) is 0 Å². The predicted molar refractivity (Wildman–Crippen MR) is 57.4 cm³/mol. The second kappa shape index (κ2) is 3.75. The Morgan fingerprint density at radius 2 is 2.12 bits per heavy atom. The van der Waals surface area contributed by atoms with Crippen molar-refractivity contribution in [2.75, 3.05) is 13.2 Å². The van der Waals surface area contributed by atoms with Gasteiger partial charge in [-0.15, -0.1) is 0 Å². The van der Waals surface area contributed by atoms with Crippen LogP contribution in [0.3, 0.4) is 0 Å². The van der Waals surface area contributed by atoms with Crippen LogP contribution in [0, 0.1) is 0 Å². The second-order valence-corrected chi connectivity index (χ2v) is 4.05. The number of fused-ring (bicyclic) bond motifs is 1. The first-order valence-electron chi connectivity index (χ1n) is 5.46. The van der Waals surface area contributed by atoms with Crippen LogP contribution in [0.2, 0.25) is 0 Å². The van der Waals surface area contributed by atoms with Crippen molar-refractivity contribution in [2.45, 2.75) is 18.8 Å². The zero-order chi connectivity index (χ0) is 11.0. The number of aromatic hydroxyl groups is 1. The molecule has 0 atom stereocenters. The highest BCUT2D eigenvalue weighted by Gasteiger charge is 2.20. The zero-order valence-electron chi connectivity index (χ0n) is 8.83. The molecule has 2 aromatic heterocycles. The maximum Gasteiger partial charge on any atom is 0.155 e. The summed E-state index contributed by atoms with van der Waals surface area (Å²) in [4.78, 5) is 4.46. The summed E-state index contributed by atoms with van der Waals surface area (Å²) in [5.74, 6) is 1.45. The molecule has 1 N–H and O–H groups in total. The largest absolute Gasteiger partial charge is 0.506 e. The van der Waals surface area contributed by atoms with Gasteiger partial charge in [-0.3, -0.25) is 0 Å². The van der Waals surface area contributed by atoms with Crippen LogP contribution < -0.4 is 0 Å². The summed E-state index contributed by atoms with van der Waals surface area (Å²) in [5.41, 5.74) is 0.777. The van der Waals surface area contributed by atoms with Gasteiger partial charge >= 0.3 is 0 Å². The minimum Gasteiger partial charge on any atom is -0.506 e. The van der Waals surface area contributed by atoms with E-state index >= 15 is 0 Å². The summed E-state index contributed by atoms with van der Waals surface area (Å²) in [6.45, 7) is 1.57. The van der Waals surface area contributed by atoms with Gasteiger partial charge in [0.15, 0.2) is 11.5 Å². The number of aromatic nitrogens is 3. The van der Waals surface area contributed by atoms with E-state index in [1.165, 1.54) is 0 Å². The van der Waals surface area contributed by atoms with E-state index in [1.54, 1.807) is 22.8 Å². The first-order valence-corrected chi connectivity index (χ1v) is 5.46. The maximum atomic E-state index is 9.34. The van der Waals surface area contributed by atoms with Crippen molar-refractivity contribution in [1.82, 2.24) is 14.6 Å². The van der Waals surface area contributed by atoms with Gasteiger partial charge in [0.2, 0.25) is 0 Å². The average molecular weight is 219 g/mol. The van der Waals surface area contributed by atoms with Crippen LogP contribution in [0.5, 0.6) is 5.75 Å². The Labute approximate surface area is 92.7 Å². The molecule has 0 unspecified atom stereocenters. The Kier molecular flexibility index (Phi) is 2.25. The summed E-state index contributed by atoms with van der Waals surface area (Å²) >= 11 is 0. The molecule has 3 rings (SSSR count). The van der Waals surface area contributed by atoms with Crippen molar-refractivity contribution in [2.24, 2.45) is 0 Å². The van der Waals surface area contributed by atoms with Crippen molar-refractivity contribution in [3.63, 3.8) is 0 Å². The first-order chi connectivity index (χ1) is 7.83. The third-order valence-corrected chi connectivity index (χ3v) is 2.92. The molecule has 0 saturated carbocycles. The van der Waals surface area contributed by atoms with Crippen LogP contribution in [0.15, 0.2) is 18.3 Å². The van der Waals surface area contributed by atoms with Gasteiger partial charge in [-0.1, -0.05) is 0 Å². The van der Waals surface area contributed by atoms with E-state index in [9.17, 15) is 5.11 Å². The van der Waals surface area contributed by atoms with E-state index in [0.717, 1.165) is 37.5 Å². The normalized spacial score (nSPS) is 18.0. The fourth-order valence-electron chi connectivity index (χ4n) is 2.02. The molecule has 0 bridgehead atoms. The van der Waals surface area contributed by atoms with E-state index in [2.05, 4.69) is 10.1 Å². The van der Waals surface area contributed by atoms with E-state index in [0.29, 0.717) is 5.92 Å². The minimum atomic E-state index is 0.205. The molecule has 1 fully saturated rings. The Balaban J connectivity index is 1.97. The van der Waals surface area contributed by atoms with Gasteiger partial charge in [0, 0.05) is 19.1 Å². The quantitative estimate of drug-likeness (QED) is 0.786. The smallest absolute Gasteiger partial charge is 0.155 e. The van der Waals surface area contributed by atoms with Crippen molar-refractivity contribution in [1.29, 1.82) is 0 Å². The number of hydrogen-bond donors (Lipinski definition) is 1. The van der Waals surface area contributed by atoms with Gasteiger partial charge in [0.1, 0.15) is 5.75 Å². The number of pyridine rings is 1. The third-order valence-electron chi connectivity index (χ3n) is 2.92. The monoisotopic (exact) mass is 219 g/mol. The third kappa shape index (κ3) is 1.63. The molecule has 5 nitrogen and oxygen atoms in total. The molecule has 0 aromatic carbocycles. The molecule has 0 radical (unpaired) electrons. The average Bonchev–Trinajstić information content (AvgIpc) is 2.73. The minimum absolute atomic E-state index is 0.205. The van der Waals surface area contributed by atoms with Crippen LogP contribution in [-0.4, -0.2) is 32.9 Å². The van der Waals surface area contributed by atoms with E-state index in [4.69, 9.17) is 4.74 Å². The fourth-order valence-corrected chi connectivity index (χ4v) is 2.02. The van der Waals surface area contributed by atoms with Gasteiger partial charge in [-0.25, -0.2) is 9.50 Å². The van der Waals surface area contributed by atoms with Gasteiger partial charge in [-0.2, -0.15) is 5.10 Å². The fraction of sp³-hybridized carbons (Fsp3) is 0.455. The summed E-state index contributed by atoms with van der Waals surface area (Å²) in [7, 11) is 0. The number of hydrogen-bond acceptors (Lipinski definition) is 4. The summed E-state index contributed by atoms with van der Waals surface area (Å²) in [6.07, 6.45) is 3.52. The van der Waals surface area contributed by atoms with E-state index in [-0.39, 0.29) is 5.75 Å². The van der Waals surface area contributed by atoms with E-state index < -0.39 is 0 Å². The summed E-state index contributed by atoms with van der Waals surface area (Å²) in [6, 6.07) is 3.39. The van der Waals surface area contributed by atoms with Crippen LogP contribution in [-0.2, 0) is 4.74 Å². The van der Waals surface area contributed by atoms with Crippen LogP contribution in [0.1, 0.15) is 24.6 Å². The molecular weight excluding hydrogens is 206 g/mol. The molecule has 0 spiro atoms. The molecule has 0 amide bonds. The Hall–Kier alpha value is -1.62. The highest BCUT2D eigenvalue weighted by Crippen LogP contribution is 2.24. The highest BCUT2D eigenvalue weighted by atomic mass is 16.5. The van der Waals surface area contributed by atoms with Gasteiger partial charge < -0.3 is 9.84 Å².